The van der Waals surface area contributed by atoms with E-state index in [-0.39, 0.29) is 42.1 Å². The maximum Gasteiger partial charge on any atom is 0.119 e. The van der Waals surface area contributed by atoms with Gasteiger partial charge in [-0.15, -0.1) is 0 Å². The molecule has 2 aromatic carbocycles. The smallest absolute Gasteiger partial charge is 0.119 e. The molecule has 0 unspecified atom stereocenters. The van der Waals surface area contributed by atoms with E-state index in [9.17, 15) is 10.2 Å². The zero-order valence-electron chi connectivity index (χ0n) is 20.4. The second-order valence-corrected chi connectivity index (χ2v) is 6.86. The molecule has 0 bridgehead atoms. The minimum atomic E-state index is -0.620. The summed E-state index contributed by atoms with van der Waals surface area (Å²) in [5, 5.41) is 20.1. The second kappa shape index (κ2) is 9.02. The Bertz CT molecular complexity index is 865. The van der Waals surface area contributed by atoms with Crippen LogP contribution in [0.3, 0.4) is 0 Å². The lowest BCUT2D eigenvalue weighted by Gasteiger charge is -2.32. The van der Waals surface area contributed by atoms with Crippen LogP contribution in [0.4, 0.5) is 0 Å². The Kier molecular flexibility index (Phi) is 4.83. The summed E-state index contributed by atoms with van der Waals surface area (Å²) < 4.78 is 40.8. The third-order valence-corrected chi connectivity index (χ3v) is 4.52. The molecule has 0 aromatic heterocycles. The van der Waals surface area contributed by atoms with Crippen LogP contribution >= 0.6 is 0 Å². The lowest BCUT2D eigenvalue weighted by Crippen LogP contribution is -2.38. The van der Waals surface area contributed by atoms with Gasteiger partial charge in [0.25, 0.3) is 0 Å². The number of hydrogen-bond donors (Lipinski definition) is 2. The van der Waals surface area contributed by atoms with Crippen LogP contribution in [0.15, 0.2) is 48.4 Å². The predicted octanol–water partition coefficient (Wildman–Crippen LogP) is 4.53. The minimum absolute atomic E-state index is 0.0235. The van der Waals surface area contributed by atoms with E-state index in [0.29, 0.717) is 24.1 Å². The van der Waals surface area contributed by atoms with E-state index in [1.165, 1.54) is 6.07 Å². The fourth-order valence-electron chi connectivity index (χ4n) is 3.26. The van der Waals surface area contributed by atoms with Crippen molar-refractivity contribution < 1.29 is 17.1 Å². The minimum Gasteiger partial charge on any atom is -0.508 e. The third-order valence-electron chi connectivity index (χ3n) is 4.52. The van der Waals surface area contributed by atoms with Crippen LogP contribution in [-0.4, -0.2) is 33.7 Å². The average molecular weight is 347 g/mol. The van der Waals surface area contributed by atoms with Gasteiger partial charge in [0.2, 0.25) is 0 Å². The highest BCUT2D eigenvalue weighted by atomic mass is 16.3. The van der Waals surface area contributed by atoms with Crippen molar-refractivity contribution in [3.8, 4) is 5.75 Å². The number of phenols is 1. The predicted molar refractivity (Wildman–Crippen MR) is 104 cm³/mol. The first-order valence-corrected chi connectivity index (χ1v) is 8.76. The molecular formula is C22H31NO2. The highest BCUT2D eigenvalue weighted by Crippen LogP contribution is 2.35. The fourth-order valence-corrected chi connectivity index (χ4v) is 3.26. The number of aliphatic hydroxyl groups is 1. The first kappa shape index (κ1) is 13.4. The summed E-state index contributed by atoms with van der Waals surface area (Å²) >= 11 is 0. The fraction of sp³-hybridized carbons (Fsp3) is 0.455. The van der Waals surface area contributed by atoms with E-state index >= 15 is 0 Å². The molecule has 25 heavy (non-hydrogen) atoms. The van der Waals surface area contributed by atoms with Gasteiger partial charge in [-0.1, -0.05) is 36.3 Å². The molecule has 3 nitrogen and oxygen atoms in total. The van der Waals surface area contributed by atoms with Crippen LogP contribution in [0.1, 0.15) is 63.6 Å². The van der Waals surface area contributed by atoms with Gasteiger partial charge in [0, 0.05) is 23.6 Å². The molecule has 0 spiro atoms. The van der Waals surface area contributed by atoms with Crippen LogP contribution in [0.2, 0.25) is 0 Å². The molecule has 2 rings (SSSR count). The molecule has 0 saturated carbocycles. The van der Waals surface area contributed by atoms with Crippen LogP contribution in [-0.2, 0) is 6.61 Å². The van der Waals surface area contributed by atoms with Gasteiger partial charge in [-0.25, -0.2) is 0 Å². The Morgan fingerprint density at radius 3 is 2.24 bits per heavy atom. The van der Waals surface area contributed by atoms with E-state index in [1.807, 2.05) is 0 Å². The van der Waals surface area contributed by atoms with Crippen molar-refractivity contribution in [3.05, 3.63) is 65.1 Å². The van der Waals surface area contributed by atoms with Gasteiger partial charge in [-0.3, -0.25) is 4.90 Å². The standard InChI is InChI=1S/C22H31NO2/c1-16(2)23(17(3)4)13-12-20(19-8-6-5-7-9-19)21-14-18(15-24)10-11-22(21)25/h5-11,14,16-17,20,24-25H,12-13,15H2,1-4H3/t20-/m1/s1/i5D,6D,7D,8D,9D. The highest BCUT2D eigenvalue weighted by Gasteiger charge is 2.21. The maximum atomic E-state index is 10.6. The lowest BCUT2D eigenvalue weighted by molar-refractivity contribution is 0.170. The molecule has 136 valence electrons. The van der Waals surface area contributed by atoms with Crippen LogP contribution in [0.5, 0.6) is 5.75 Å². The summed E-state index contributed by atoms with van der Waals surface area (Å²) in [6, 6.07) is 3.52. The number of hydrogen-bond acceptors (Lipinski definition) is 3. The largest absolute Gasteiger partial charge is 0.508 e. The first-order chi connectivity index (χ1) is 14.0. The molecule has 0 aliphatic rings. The molecule has 2 N–H and O–H groups in total. The Hall–Kier alpha value is -1.84. The highest BCUT2D eigenvalue weighted by molar-refractivity contribution is 5.43. The number of phenolic OH excluding ortho intramolecular Hbond substituents is 1. The topological polar surface area (TPSA) is 43.7 Å². The Morgan fingerprint density at radius 1 is 1.04 bits per heavy atom. The van der Waals surface area contributed by atoms with Crippen molar-refractivity contribution in [1.29, 1.82) is 0 Å². The Morgan fingerprint density at radius 2 is 1.68 bits per heavy atom. The van der Waals surface area contributed by atoms with Crippen molar-refractivity contribution >= 4 is 0 Å². The molecule has 3 heteroatoms. The van der Waals surface area contributed by atoms with Gasteiger partial charge in [0.15, 0.2) is 0 Å². The molecule has 0 heterocycles. The molecule has 0 fully saturated rings. The third kappa shape index (κ3) is 5.07. The lowest BCUT2D eigenvalue weighted by atomic mass is 9.86. The normalized spacial score (nSPS) is 15.8. The van der Waals surface area contributed by atoms with E-state index in [0.717, 1.165) is 0 Å². The van der Waals surface area contributed by atoms with E-state index < -0.39 is 24.0 Å². The maximum absolute atomic E-state index is 10.6. The van der Waals surface area contributed by atoms with Gasteiger partial charge < -0.3 is 10.2 Å². The number of nitrogens with zero attached hydrogens (tertiary/aromatic N) is 1. The molecule has 2 aromatic rings. The molecule has 0 aliphatic heterocycles. The number of aromatic hydroxyl groups is 1. The summed E-state index contributed by atoms with van der Waals surface area (Å²) in [5.74, 6) is -0.644. The molecule has 1 atom stereocenters. The van der Waals surface area contributed by atoms with Gasteiger partial charge >= 0.3 is 0 Å². The van der Waals surface area contributed by atoms with Crippen LogP contribution < -0.4 is 0 Å². The number of aliphatic hydroxyl groups excluding tert-OH is 1. The summed E-state index contributed by atoms with van der Waals surface area (Å²) in [7, 11) is 0. The van der Waals surface area contributed by atoms with Crippen LogP contribution in [0.25, 0.3) is 0 Å². The second-order valence-electron chi connectivity index (χ2n) is 6.86. The summed E-state index contributed by atoms with van der Waals surface area (Å²) in [5.41, 5.74) is 1.20. The van der Waals surface area contributed by atoms with E-state index in [2.05, 4.69) is 32.6 Å². The average Bonchev–Trinajstić information content (AvgIpc) is 2.69. The van der Waals surface area contributed by atoms with Crippen molar-refractivity contribution in [2.24, 2.45) is 0 Å². The summed E-state index contributed by atoms with van der Waals surface area (Å²) in [6.07, 6.45) is 0.451. The first-order valence-electron chi connectivity index (χ1n) is 11.3. The SMILES string of the molecule is [2H]c1c([2H])c([2H])c([C@@H](CCN(C(C)C)C(C)C)c2cc(CO)ccc2O)c([2H])c1[2H]. The summed E-state index contributed by atoms with van der Waals surface area (Å²) in [6.45, 7) is 8.75. The molecule has 0 radical (unpaired) electrons. The Balaban J connectivity index is 2.67. The van der Waals surface area contributed by atoms with E-state index in [1.54, 1.807) is 12.1 Å². The van der Waals surface area contributed by atoms with Gasteiger partial charge in [0.05, 0.1) is 13.5 Å². The number of benzene rings is 2. The molecule has 0 saturated heterocycles. The number of rotatable bonds is 8. The zero-order valence-corrected chi connectivity index (χ0v) is 15.4. The molecular weight excluding hydrogens is 310 g/mol. The van der Waals surface area contributed by atoms with E-state index in [4.69, 9.17) is 6.85 Å². The van der Waals surface area contributed by atoms with Crippen molar-refractivity contribution in [2.45, 2.75) is 58.7 Å². The molecule has 0 aliphatic carbocycles. The zero-order chi connectivity index (χ0) is 22.7. The van der Waals surface area contributed by atoms with Crippen LogP contribution in [0, 0.1) is 0 Å². The van der Waals surface area contributed by atoms with Crippen molar-refractivity contribution in [2.75, 3.05) is 6.54 Å². The van der Waals surface area contributed by atoms with Gasteiger partial charge in [0.1, 0.15) is 5.75 Å². The van der Waals surface area contributed by atoms with Gasteiger partial charge in [-0.05, 0) is 63.9 Å². The van der Waals surface area contributed by atoms with Crippen molar-refractivity contribution in [3.63, 3.8) is 0 Å². The Labute approximate surface area is 159 Å². The summed E-state index contributed by atoms with van der Waals surface area (Å²) in [4.78, 5) is 2.26. The van der Waals surface area contributed by atoms with Crippen molar-refractivity contribution in [1.82, 2.24) is 4.90 Å². The monoisotopic (exact) mass is 346 g/mol. The van der Waals surface area contributed by atoms with Gasteiger partial charge in [-0.2, -0.15) is 0 Å². The quantitative estimate of drug-likeness (QED) is 0.738. The molecule has 0 amide bonds.